The Morgan fingerprint density at radius 3 is 1.65 bits per heavy atom. The molecule has 1 rings (SSSR count). The van der Waals surface area contributed by atoms with Crippen molar-refractivity contribution in [3.63, 3.8) is 0 Å². The van der Waals surface area contributed by atoms with Gasteiger partial charge >= 0.3 is 12.0 Å². The van der Waals surface area contributed by atoms with Crippen LogP contribution < -0.4 is 14.8 Å². The first-order valence-electron chi connectivity index (χ1n) is 8.88. The van der Waals surface area contributed by atoms with E-state index in [0.29, 0.717) is 5.95 Å². The zero-order chi connectivity index (χ0) is 16.8. The van der Waals surface area contributed by atoms with Crippen molar-refractivity contribution in [2.24, 2.45) is 0 Å². The van der Waals surface area contributed by atoms with Crippen molar-refractivity contribution in [2.45, 2.75) is 71.1 Å². The second-order valence-electron chi connectivity index (χ2n) is 5.74. The Bertz CT molecular complexity index is 393. The van der Waals surface area contributed by atoms with Gasteiger partial charge in [-0.25, -0.2) is 0 Å². The standard InChI is InChI=1S/C17H32N4O2/c1-4-5-6-7-8-9-10-11-12-13-14-18-15-19-16(22-2)21-17(20-15)23-3/h4-14H2,1-3H3,(H,18,19,20,21). The van der Waals surface area contributed by atoms with Crippen LogP contribution in [0.5, 0.6) is 12.0 Å². The fraction of sp³-hybridized carbons (Fsp3) is 0.824. The van der Waals surface area contributed by atoms with Gasteiger partial charge < -0.3 is 14.8 Å². The summed E-state index contributed by atoms with van der Waals surface area (Å²) in [6.45, 7) is 3.12. The lowest BCUT2D eigenvalue weighted by Gasteiger charge is -2.07. The van der Waals surface area contributed by atoms with E-state index in [4.69, 9.17) is 9.47 Å². The van der Waals surface area contributed by atoms with Crippen LogP contribution in [0.25, 0.3) is 0 Å². The van der Waals surface area contributed by atoms with E-state index < -0.39 is 0 Å². The monoisotopic (exact) mass is 324 g/mol. The first-order valence-corrected chi connectivity index (χ1v) is 8.88. The van der Waals surface area contributed by atoms with Crippen LogP contribution in [0.4, 0.5) is 5.95 Å². The Balaban J connectivity index is 2.04. The molecule has 0 aliphatic rings. The number of anilines is 1. The summed E-state index contributed by atoms with van der Waals surface area (Å²) in [5, 5.41) is 3.20. The third-order valence-corrected chi connectivity index (χ3v) is 3.77. The number of unbranched alkanes of at least 4 members (excludes halogenated alkanes) is 9. The van der Waals surface area contributed by atoms with Gasteiger partial charge in [0.25, 0.3) is 0 Å². The number of aromatic nitrogens is 3. The van der Waals surface area contributed by atoms with Crippen LogP contribution in [0, 0.1) is 0 Å². The van der Waals surface area contributed by atoms with Crippen molar-refractivity contribution in [3.05, 3.63) is 0 Å². The van der Waals surface area contributed by atoms with E-state index >= 15 is 0 Å². The molecule has 6 heteroatoms. The Labute approximate surface area is 140 Å². The van der Waals surface area contributed by atoms with Gasteiger partial charge in [-0.05, 0) is 6.42 Å². The molecule has 0 spiro atoms. The van der Waals surface area contributed by atoms with E-state index in [9.17, 15) is 0 Å². The van der Waals surface area contributed by atoms with Crippen molar-refractivity contribution >= 4 is 5.95 Å². The molecule has 1 heterocycles. The number of ether oxygens (including phenoxy) is 2. The number of nitrogens with one attached hydrogen (secondary N) is 1. The molecule has 132 valence electrons. The van der Waals surface area contributed by atoms with E-state index in [1.807, 2.05) is 0 Å². The molecule has 0 unspecified atom stereocenters. The minimum atomic E-state index is 0.266. The molecule has 0 aromatic carbocycles. The molecule has 1 aromatic rings. The van der Waals surface area contributed by atoms with Gasteiger partial charge in [-0.1, -0.05) is 64.7 Å². The Morgan fingerprint density at radius 2 is 1.17 bits per heavy atom. The summed E-state index contributed by atoms with van der Waals surface area (Å²) in [5.41, 5.74) is 0. The first kappa shape index (κ1) is 19.5. The second-order valence-corrected chi connectivity index (χ2v) is 5.74. The minimum absolute atomic E-state index is 0.266. The molecule has 0 fully saturated rings. The largest absolute Gasteiger partial charge is 0.467 e. The molecular weight excluding hydrogens is 292 g/mol. The topological polar surface area (TPSA) is 69.2 Å². The average Bonchev–Trinajstić information content (AvgIpc) is 2.59. The van der Waals surface area contributed by atoms with Gasteiger partial charge in [0.2, 0.25) is 5.95 Å². The number of methoxy groups -OCH3 is 2. The van der Waals surface area contributed by atoms with E-state index in [1.165, 1.54) is 72.0 Å². The lowest BCUT2D eigenvalue weighted by atomic mass is 10.1. The van der Waals surface area contributed by atoms with E-state index in [2.05, 4.69) is 27.2 Å². The van der Waals surface area contributed by atoms with Crippen molar-refractivity contribution in [2.75, 3.05) is 26.1 Å². The number of rotatable bonds is 14. The highest BCUT2D eigenvalue weighted by Gasteiger charge is 2.06. The Morgan fingerprint density at radius 1 is 0.696 bits per heavy atom. The zero-order valence-corrected chi connectivity index (χ0v) is 14.9. The quantitative estimate of drug-likeness (QED) is 0.517. The summed E-state index contributed by atoms with van der Waals surface area (Å²) >= 11 is 0. The molecule has 0 atom stereocenters. The third-order valence-electron chi connectivity index (χ3n) is 3.77. The molecular formula is C17H32N4O2. The second kappa shape index (κ2) is 12.9. The lowest BCUT2D eigenvalue weighted by molar-refractivity contribution is 0.341. The Hall–Kier alpha value is -1.59. The maximum atomic E-state index is 5.02. The predicted molar refractivity (Wildman–Crippen MR) is 93.3 cm³/mol. The van der Waals surface area contributed by atoms with Crippen molar-refractivity contribution in [3.8, 4) is 12.0 Å². The van der Waals surface area contributed by atoms with Crippen LogP contribution in [-0.4, -0.2) is 35.7 Å². The molecule has 0 amide bonds. The van der Waals surface area contributed by atoms with Crippen LogP contribution in [0.1, 0.15) is 71.1 Å². The summed E-state index contributed by atoms with van der Waals surface area (Å²) in [6, 6.07) is 0.532. The van der Waals surface area contributed by atoms with Gasteiger partial charge in [0.1, 0.15) is 0 Å². The number of hydrogen-bond donors (Lipinski definition) is 1. The van der Waals surface area contributed by atoms with E-state index in [-0.39, 0.29) is 12.0 Å². The number of hydrogen-bond acceptors (Lipinski definition) is 6. The van der Waals surface area contributed by atoms with Gasteiger partial charge in [-0.2, -0.15) is 9.97 Å². The van der Waals surface area contributed by atoms with E-state index in [1.54, 1.807) is 0 Å². The summed E-state index contributed by atoms with van der Waals surface area (Å²) in [5.74, 6) is 0.504. The molecule has 1 aromatic heterocycles. The van der Waals surface area contributed by atoms with Crippen molar-refractivity contribution < 1.29 is 9.47 Å². The normalized spacial score (nSPS) is 10.6. The first-order chi connectivity index (χ1) is 11.3. The van der Waals surface area contributed by atoms with E-state index in [0.717, 1.165) is 13.0 Å². The SMILES string of the molecule is CCCCCCCCCCCCNc1nc(OC)nc(OC)n1. The third kappa shape index (κ3) is 9.21. The van der Waals surface area contributed by atoms with Crippen LogP contribution in [0.15, 0.2) is 0 Å². The highest BCUT2D eigenvalue weighted by molar-refractivity contribution is 5.27. The van der Waals surface area contributed by atoms with Gasteiger partial charge in [0.15, 0.2) is 0 Å². The fourth-order valence-electron chi connectivity index (χ4n) is 2.41. The minimum Gasteiger partial charge on any atom is -0.467 e. The molecule has 23 heavy (non-hydrogen) atoms. The van der Waals surface area contributed by atoms with Crippen LogP contribution in [0.3, 0.4) is 0 Å². The zero-order valence-electron chi connectivity index (χ0n) is 14.9. The summed E-state index contributed by atoms with van der Waals surface area (Å²) in [4.78, 5) is 12.3. The highest BCUT2D eigenvalue weighted by Crippen LogP contribution is 2.13. The maximum Gasteiger partial charge on any atom is 0.324 e. The molecule has 0 aliphatic carbocycles. The van der Waals surface area contributed by atoms with Gasteiger partial charge in [-0.3, -0.25) is 0 Å². The molecule has 6 nitrogen and oxygen atoms in total. The Kier molecular flexibility index (Phi) is 10.9. The van der Waals surface area contributed by atoms with Gasteiger partial charge in [0.05, 0.1) is 14.2 Å². The van der Waals surface area contributed by atoms with Crippen LogP contribution >= 0.6 is 0 Å². The molecule has 1 N–H and O–H groups in total. The molecule has 0 saturated carbocycles. The summed E-state index contributed by atoms with van der Waals surface area (Å²) in [6.07, 6.45) is 13.3. The molecule has 0 bridgehead atoms. The predicted octanol–water partition coefficient (Wildman–Crippen LogP) is 4.22. The maximum absolute atomic E-state index is 5.02. The highest BCUT2D eigenvalue weighted by atomic mass is 16.5. The molecule has 0 aliphatic heterocycles. The number of nitrogens with zero attached hydrogens (tertiary/aromatic N) is 3. The van der Waals surface area contributed by atoms with Crippen molar-refractivity contribution in [1.82, 2.24) is 15.0 Å². The van der Waals surface area contributed by atoms with Gasteiger partial charge in [-0.15, -0.1) is 4.98 Å². The molecule has 0 radical (unpaired) electrons. The molecule has 0 saturated heterocycles. The van der Waals surface area contributed by atoms with Crippen LogP contribution in [0.2, 0.25) is 0 Å². The van der Waals surface area contributed by atoms with Crippen molar-refractivity contribution in [1.29, 1.82) is 0 Å². The summed E-state index contributed by atoms with van der Waals surface area (Å²) in [7, 11) is 3.06. The summed E-state index contributed by atoms with van der Waals surface area (Å²) < 4.78 is 10.0. The van der Waals surface area contributed by atoms with Crippen LogP contribution in [-0.2, 0) is 0 Å². The average molecular weight is 324 g/mol. The fourth-order valence-corrected chi connectivity index (χ4v) is 2.41. The smallest absolute Gasteiger partial charge is 0.324 e. The lowest BCUT2D eigenvalue weighted by Crippen LogP contribution is -2.08. The van der Waals surface area contributed by atoms with Gasteiger partial charge in [0, 0.05) is 6.54 Å².